The largest absolute Gasteiger partial charge is 0.496 e. The zero-order valence-corrected chi connectivity index (χ0v) is 29.5. The Kier molecular flexibility index (Phi) is 9.31. The van der Waals surface area contributed by atoms with Crippen LogP contribution in [0.2, 0.25) is 0 Å². The summed E-state index contributed by atoms with van der Waals surface area (Å²) in [6.45, 7) is -0.267. The maximum atomic E-state index is 14.6. The van der Waals surface area contributed by atoms with Crippen LogP contribution in [0.15, 0.2) is 157 Å². The summed E-state index contributed by atoms with van der Waals surface area (Å²) in [6, 6.07) is 37.5. The molecule has 0 radical (unpaired) electrons. The van der Waals surface area contributed by atoms with E-state index in [9.17, 15) is 19.5 Å². The van der Waals surface area contributed by atoms with Gasteiger partial charge in [0.15, 0.2) is 5.60 Å². The molecule has 1 unspecified atom stereocenters. The van der Waals surface area contributed by atoms with Crippen molar-refractivity contribution in [1.82, 2.24) is 14.9 Å². The number of fused-ring (bicyclic) bond motifs is 5. The van der Waals surface area contributed by atoms with E-state index in [2.05, 4.69) is 4.98 Å². The third-order valence-corrected chi connectivity index (χ3v) is 10.6. The average molecular weight is 716 g/mol. The predicted octanol–water partition coefficient (Wildman–Crippen LogP) is 6.27. The molecule has 2 aliphatic carbocycles. The van der Waals surface area contributed by atoms with E-state index in [4.69, 9.17) is 14.5 Å². The van der Waals surface area contributed by atoms with Gasteiger partial charge in [-0.25, -0.2) is 4.79 Å². The number of ether oxygens (including phenoxy) is 2. The van der Waals surface area contributed by atoms with Crippen molar-refractivity contribution in [3.05, 3.63) is 185 Å². The van der Waals surface area contributed by atoms with Gasteiger partial charge in [-0.05, 0) is 58.7 Å². The summed E-state index contributed by atoms with van der Waals surface area (Å²) in [4.78, 5) is 52.3. The summed E-state index contributed by atoms with van der Waals surface area (Å²) in [7, 11) is 1.55. The number of aromatic nitrogens is 2. The molecule has 3 aliphatic rings. The van der Waals surface area contributed by atoms with Crippen molar-refractivity contribution in [3.63, 3.8) is 0 Å². The summed E-state index contributed by atoms with van der Waals surface area (Å²) in [5.41, 5.74) is 3.87. The third-order valence-electron chi connectivity index (χ3n) is 10.6. The van der Waals surface area contributed by atoms with Gasteiger partial charge in [-0.15, -0.1) is 0 Å². The van der Waals surface area contributed by atoms with E-state index in [-0.39, 0.29) is 25.0 Å². The number of amides is 2. The third kappa shape index (κ3) is 5.92. The highest BCUT2D eigenvalue weighted by atomic mass is 16.5. The highest BCUT2D eigenvalue weighted by Gasteiger charge is 2.66. The normalized spacial score (nSPS) is 22.2. The number of hydrogen-bond acceptors (Lipinski definition) is 8. The molecule has 1 N–H and O–H groups in total. The Morgan fingerprint density at radius 3 is 2.19 bits per heavy atom. The summed E-state index contributed by atoms with van der Waals surface area (Å²) in [5, 5.41) is 13.1. The number of carbonyl (C=O) groups excluding carboxylic acids is 3. The number of allylic oxidation sites excluding steroid dienone is 2. The van der Waals surface area contributed by atoms with E-state index in [1.807, 2.05) is 109 Å². The van der Waals surface area contributed by atoms with Crippen molar-refractivity contribution in [2.75, 3.05) is 20.3 Å². The lowest BCUT2D eigenvalue weighted by Gasteiger charge is -2.36. The number of rotatable bonds is 11. The number of nitrogens with zero attached hydrogens (tertiary/aromatic N) is 3. The van der Waals surface area contributed by atoms with Crippen LogP contribution in [0.3, 0.4) is 0 Å². The molecule has 3 heterocycles. The molecule has 3 aromatic carbocycles. The van der Waals surface area contributed by atoms with Gasteiger partial charge in [0.1, 0.15) is 12.4 Å². The molecule has 0 spiro atoms. The van der Waals surface area contributed by atoms with Gasteiger partial charge in [0, 0.05) is 41.4 Å². The quantitative estimate of drug-likeness (QED) is 0.0737. The minimum absolute atomic E-state index is 0.0955. The first-order valence-corrected chi connectivity index (χ1v) is 17.9. The van der Waals surface area contributed by atoms with Gasteiger partial charge in [-0.1, -0.05) is 97.1 Å². The zero-order valence-electron chi connectivity index (χ0n) is 29.5. The molecule has 2 bridgehead atoms. The molecule has 1 saturated carbocycles. The monoisotopic (exact) mass is 715 g/mol. The Balaban J connectivity index is 1.18. The number of benzene rings is 3. The lowest BCUT2D eigenvalue weighted by molar-refractivity contribution is -0.145. The van der Waals surface area contributed by atoms with Gasteiger partial charge < -0.3 is 14.6 Å². The van der Waals surface area contributed by atoms with Crippen LogP contribution >= 0.6 is 0 Å². The Hall–Kier alpha value is -6.45. The zero-order chi connectivity index (χ0) is 37.2. The molecule has 5 aromatic rings. The summed E-state index contributed by atoms with van der Waals surface area (Å²) in [6.07, 6.45) is 8.23. The van der Waals surface area contributed by atoms with E-state index < -0.39 is 35.2 Å². The molecule has 9 heteroatoms. The highest BCUT2D eigenvalue weighted by Crippen LogP contribution is 2.64. The van der Waals surface area contributed by atoms with Crippen molar-refractivity contribution in [2.45, 2.75) is 5.60 Å². The van der Waals surface area contributed by atoms with Gasteiger partial charge >= 0.3 is 5.97 Å². The number of aliphatic hydroxyl groups is 1. The molecule has 9 nitrogen and oxygen atoms in total. The number of carbonyl (C=O) groups is 3. The molecule has 1 saturated heterocycles. The van der Waals surface area contributed by atoms with Gasteiger partial charge in [0.25, 0.3) is 0 Å². The Morgan fingerprint density at radius 1 is 0.815 bits per heavy atom. The van der Waals surface area contributed by atoms with Crippen LogP contribution in [0.5, 0.6) is 5.75 Å². The fourth-order valence-electron chi connectivity index (χ4n) is 8.38. The lowest BCUT2D eigenvalue weighted by atomic mass is 9.71. The van der Waals surface area contributed by atoms with E-state index in [1.165, 1.54) is 11.0 Å². The highest BCUT2D eigenvalue weighted by molar-refractivity contribution is 6.08. The second-order valence-electron chi connectivity index (χ2n) is 13.5. The predicted molar refractivity (Wildman–Crippen MR) is 202 cm³/mol. The second kappa shape index (κ2) is 14.5. The van der Waals surface area contributed by atoms with Crippen LogP contribution in [0.1, 0.15) is 28.1 Å². The molecular formula is C45H37N3O6. The van der Waals surface area contributed by atoms with Crippen molar-refractivity contribution in [2.24, 2.45) is 23.7 Å². The number of hydrogen-bond donors (Lipinski definition) is 1. The fraction of sp³-hybridized carbons (Fsp3) is 0.178. The number of methoxy groups -OCH3 is 1. The number of para-hydroxylation sites is 1. The average Bonchev–Trinajstić information content (AvgIpc) is 3.84. The van der Waals surface area contributed by atoms with Crippen LogP contribution in [0, 0.1) is 23.7 Å². The van der Waals surface area contributed by atoms with Crippen LogP contribution < -0.4 is 4.74 Å². The topological polar surface area (TPSA) is 119 Å². The van der Waals surface area contributed by atoms with E-state index in [1.54, 1.807) is 43.8 Å². The Labute approximate surface area is 312 Å². The summed E-state index contributed by atoms with van der Waals surface area (Å²) < 4.78 is 10.8. The van der Waals surface area contributed by atoms with Crippen molar-refractivity contribution in [3.8, 4) is 5.75 Å². The standard InChI is InChI=1S/C45H37N3O6/c1-53-35-20-9-8-14-29(35)22-23-37(49)54-27-26-48-43(50)40-32-28-33(45(52,31-17-6-3-7-18-31)36-21-11-13-25-47-36)41(42(40)44(48)51)39(32)38(30-15-4-2-5-16-30)34-19-10-12-24-46-34/h2-25,28,32,40-42,52H,26-27H2,1H3/b23-22+,39-38?/t32-,40-,41+,42-,45?/m0/s1. The maximum absolute atomic E-state index is 14.6. The smallest absolute Gasteiger partial charge is 0.330 e. The van der Waals surface area contributed by atoms with E-state index in [0.717, 1.165) is 16.7 Å². The van der Waals surface area contributed by atoms with Crippen LogP contribution in [0.4, 0.5) is 0 Å². The van der Waals surface area contributed by atoms with E-state index >= 15 is 0 Å². The summed E-state index contributed by atoms with van der Waals surface area (Å²) >= 11 is 0. The molecule has 2 amide bonds. The van der Waals surface area contributed by atoms with Crippen molar-refractivity contribution >= 4 is 29.4 Å². The van der Waals surface area contributed by atoms with Crippen LogP contribution in [0.25, 0.3) is 11.6 Å². The molecule has 2 fully saturated rings. The molecule has 54 heavy (non-hydrogen) atoms. The SMILES string of the molecule is COc1ccccc1/C=C/C(=O)OCCN1C(=O)[C@@H]2[C@@H]3C(C(O)(c4ccccc4)c4ccccn4)=C[C@@H](C3=C(c3ccccc3)c3ccccn3)[C@@H]2C1=O. The molecule has 268 valence electrons. The maximum Gasteiger partial charge on any atom is 0.330 e. The van der Waals surface area contributed by atoms with Crippen molar-refractivity contribution < 1.29 is 29.0 Å². The van der Waals surface area contributed by atoms with Gasteiger partial charge in [-0.2, -0.15) is 0 Å². The lowest BCUT2D eigenvalue weighted by Crippen LogP contribution is -2.39. The molecular weight excluding hydrogens is 679 g/mol. The first kappa shape index (κ1) is 34.6. The molecule has 2 aromatic heterocycles. The number of esters is 1. The molecule has 1 aliphatic heterocycles. The minimum atomic E-state index is -1.72. The fourth-order valence-corrected chi connectivity index (χ4v) is 8.38. The first-order valence-electron chi connectivity index (χ1n) is 17.9. The van der Waals surface area contributed by atoms with Crippen LogP contribution in [-0.4, -0.2) is 58.0 Å². The molecule has 5 atom stereocenters. The van der Waals surface area contributed by atoms with Gasteiger partial charge in [0.2, 0.25) is 11.8 Å². The molecule has 8 rings (SSSR count). The van der Waals surface area contributed by atoms with Crippen molar-refractivity contribution in [1.29, 1.82) is 0 Å². The number of imide groups is 1. The van der Waals surface area contributed by atoms with E-state index in [0.29, 0.717) is 33.8 Å². The Bertz CT molecular complexity index is 2210. The first-order chi connectivity index (χ1) is 26.4. The Morgan fingerprint density at radius 2 is 1.48 bits per heavy atom. The van der Waals surface area contributed by atoms with Gasteiger partial charge in [0.05, 0.1) is 36.9 Å². The number of pyridine rings is 2. The summed E-state index contributed by atoms with van der Waals surface area (Å²) in [5.74, 6) is -3.42. The number of likely N-dealkylation sites (tertiary alicyclic amines) is 1. The minimum Gasteiger partial charge on any atom is -0.496 e. The van der Waals surface area contributed by atoms with Crippen LogP contribution in [-0.2, 0) is 24.7 Å². The second-order valence-corrected chi connectivity index (χ2v) is 13.5. The van der Waals surface area contributed by atoms with Gasteiger partial charge in [-0.3, -0.25) is 24.5 Å².